The van der Waals surface area contributed by atoms with Crippen molar-refractivity contribution in [2.24, 2.45) is 0 Å². The highest BCUT2D eigenvalue weighted by molar-refractivity contribution is 14.1. The predicted molar refractivity (Wildman–Crippen MR) is 75.9 cm³/mol. The van der Waals surface area contributed by atoms with Crippen LogP contribution in [-0.4, -0.2) is 34.4 Å². The predicted octanol–water partition coefficient (Wildman–Crippen LogP) is 1.40. The first kappa shape index (κ1) is 14.9. The van der Waals surface area contributed by atoms with Crippen LogP contribution in [0.5, 0.6) is 0 Å². The number of hydrogen-bond donors (Lipinski definition) is 1. The topological polar surface area (TPSA) is 68.3 Å². The Morgan fingerprint density at radius 2 is 2.11 bits per heavy atom. The van der Waals surface area contributed by atoms with Crippen molar-refractivity contribution in [3.8, 4) is 0 Å². The molecule has 1 heterocycles. The summed E-state index contributed by atoms with van der Waals surface area (Å²) in [6, 6.07) is 3.51. The van der Waals surface area contributed by atoms with Gasteiger partial charge < -0.3 is 10.1 Å². The average molecular weight is 362 g/mol. The fourth-order valence-corrected chi connectivity index (χ4v) is 1.89. The number of carbonyl (C=O) groups is 2. The van der Waals surface area contributed by atoms with Crippen LogP contribution in [0.4, 0.5) is 0 Å². The van der Waals surface area contributed by atoms with Crippen molar-refractivity contribution < 1.29 is 14.3 Å². The molecule has 1 aromatic rings. The molecule has 5 nitrogen and oxygen atoms in total. The molecule has 1 unspecified atom stereocenters. The third-order valence-electron chi connectivity index (χ3n) is 2.37. The van der Waals surface area contributed by atoms with Gasteiger partial charge in [0.25, 0.3) is 5.91 Å². The third kappa shape index (κ3) is 3.94. The molecule has 0 aliphatic heterocycles. The molecule has 1 aromatic heterocycles. The molecule has 0 spiro atoms. The van der Waals surface area contributed by atoms with Crippen molar-refractivity contribution in [2.45, 2.75) is 17.8 Å². The van der Waals surface area contributed by atoms with Crippen LogP contribution in [0.15, 0.2) is 12.1 Å². The minimum Gasteiger partial charge on any atom is -0.468 e. The van der Waals surface area contributed by atoms with Crippen molar-refractivity contribution in [2.75, 3.05) is 13.7 Å². The highest BCUT2D eigenvalue weighted by atomic mass is 127. The Hall–Kier alpha value is -1.18. The Bertz CT molecular complexity index is 463. The molecular weight excluding hydrogens is 347 g/mol. The van der Waals surface area contributed by atoms with E-state index in [2.05, 4.69) is 15.0 Å². The van der Waals surface area contributed by atoms with E-state index in [0.29, 0.717) is 11.3 Å². The summed E-state index contributed by atoms with van der Waals surface area (Å²) >= 11 is 1.93. The zero-order valence-corrected chi connectivity index (χ0v) is 12.6. The first-order valence-electron chi connectivity index (χ1n) is 5.40. The fraction of sp³-hybridized carbons (Fsp3) is 0.417. The minimum atomic E-state index is -0.393. The van der Waals surface area contributed by atoms with Crippen molar-refractivity contribution >= 4 is 34.5 Å². The van der Waals surface area contributed by atoms with Gasteiger partial charge in [0.1, 0.15) is 3.92 Å². The van der Waals surface area contributed by atoms with E-state index in [-0.39, 0.29) is 18.4 Å². The molecule has 0 saturated heterocycles. The monoisotopic (exact) mass is 362 g/mol. The normalized spacial score (nSPS) is 11.8. The second-order valence-corrected chi connectivity index (χ2v) is 5.29. The summed E-state index contributed by atoms with van der Waals surface area (Å²) in [5, 5.41) is 2.69. The van der Waals surface area contributed by atoms with Gasteiger partial charge in [0.2, 0.25) is 0 Å². The Morgan fingerprint density at radius 3 is 2.67 bits per heavy atom. The maximum atomic E-state index is 11.9. The van der Waals surface area contributed by atoms with Crippen LogP contribution in [-0.2, 0) is 9.53 Å². The zero-order chi connectivity index (χ0) is 13.7. The summed E-state index contributed by atoms with van der Waals surface area (Å²) in [7, 11) is 1.32. The largest absolute Gasteiger partial charge is 0.468 e. The molecule has 0 fully saturated rings. The highest BCUT2D eigenvalue weighted by Gasteiger charge is 2.17. The Balaban J connectivity index is 2.63. The second-order valence-electron chi connectivity index (χ2n) is 3.79. The molecule has 1 atom stereocenters. The lowest BCUT2D eigenvalue weighted by atomic mass is 10.1. The maximum absolute atomic E-state index is 11.9. The molecule has 0 radical (unpaired) electrons. The lowest BCUT2D eigenvalue weighted by Crippen LogP contribution is -2.34. The number of rotatable bonds is 4. The van der Waals surface area contributed by atoms with Gasteiger partial charge in [-0.2, -0.15) is 0 Å². The van der Waals surface area contributed by atoms with Crippen LogP contribution >= 0.6 is 22.6 Å². The van der Waals surface area contributed by atoms with Crippen molar-refractivity contribution in [1.82, 2.24) is 10.3 Å². The van der Waals surface area contributed by atoms with Crippen LogP contribution in [0.25, 0.3) is 0 Å². The molecule has 1 amide bonds. The molecule has 1 N–H and O–H groups in total. The van der Waals surface area contributed by atoms with Gasteiger partial charge in [-0.25, -0.2) is 0 Å². The van der Waals surface area contributed by atoms with Gasteiger partial charge in [0.15, 0.2) is 0 Å². The number of nitrogens with one attached hydrogen (secondary N) is 1. The summed E-state index contributed by atoms with van der Waals surface area (Å²) in [5.74, 6) is -0.583. The first-order chi connectivity index (χ1) is 8.45. The van der Waals surface area contributed by atoms with Crippen molar-refractivity contribution in [3.05, 3.63) is 29.1 Å². The van der Waals surface area contributed by atoms with E-state index >= 15 is 0 Å². The summed E-state index contributed by atoms with van der Waals surface area (Å²) in [6.07, 6.45) is 0. The fourth-order valence-electron chi connectivity index (χ4n) is 1.42. The number of hydrogen-bond acceptors (Lipinski definition) is 4. The number of methoxy groups -OCH3 is 1. The van der Waals surface area contributed by atoms with E-state index in [9.17, 15) is 9.59 Å². The van der Waals surface area contributed by atoms with Crippen LogP contribution in [0.1, 0.15) is 21.7 Å². The average Bonchev–Trinajstić information content (AvgIpc) is 2.34. The van der Waals surface area contributed by atoms with E-state index in [1.54, 1.807) is 19.1 Å². The first-order valence-corrected chi connectivity index (χ1v) is 6.64. The summed E-state index contributed by atoms with van der Waals surface area (Å²) in [4.78, 5) is 27.3. The van der Waals surface area contributed by atoms with Gasteiger partial charge in [-0.15, -0.1) is 0 Å². The van der Waals surface area contributed by atoms with E-state index in [0.717, 1.165) is 5.69 Å². The summed E-state index contributed by atoms with van der Waals surface area (Å²) < 4.78 is 4.19. The molecular formula is C12H15IN2O3. The number of nitrogens with zero attached hydrogens (tertiary/aromatic N) is 1. The Labute approximate surface area is 119 Å². The SMILES string of the molecule is COC(=O)C(I)CNC(=O)c1ccc(C)nc1C. The number of carbonyl (C=O) groups excluding carboxylic acids is 2. The van der Waals surface area contributed by atoms with Gasteiger partial charge in [-0.1, -0.05) is 22.6 Å². The van der Waals surface area contributed by atoms with Gasteiger partial charge in [-0.3, -0.25) is 14.6 Å². The van der Waals surface area contributed by atoms with Crippen LogP contribution < -0.4 is 5.32 Å². The molecule has 98 valence electrons. The Morgan fingerprint density at radius 1 is 1.44 bits per heavy atom. The van der Waals surface area contributed by atoms with E-state index in [4.69, 9.17) is 0 Å². The molecule has 0 aromatic carbocycles. The van der Waals surface area contributed by atoms with Crippen LogP contribution in [0.3, 0.4) is 0 Å². The second kappa shape index (κ2) is 6.67. The third-order valence-corrected chi connectivity index (χ3v) is 3.32. The maximum Gasteiger partial charge on any atom is 0.320 e. The quantitative estimate of drug-likeness (QED) is 0.500. The number of aryl methyl sites for hydroxylation is 2. The highest BCUT2D eigenvalue weighted by Crippen LogP contribution is 2.07. The molecule has 0 aliphatic rings. The van der Waals surface area contributed by atoms with Gasteiger partial charge in [0, 0.05) is 12.2 Å². The van der Waals surface area contributed by atoms with Crippen molar-refractivity contribution in [3.63, 3.8) is 0 Å². The number of alkyl halides is 1. The van der Waals surface area contributed by atoms with Gasteiger partial charge >= 0.3 is 5.97 Å². The van der Waals surface area contributed by atoms with Crippen molar-refractivity contribution in [1.29, 1.82) is 0 Å². The van der Waals surface area contributed by atoms with Gasteiger partial charge in [-0.05, 0) is 26.0 Å². The minimum absolute atomic E-state index is 0.231. The van der Waals surface area contributed by atoms with E-state index < -0.39 is 3.92 Å². The lowest BCUT2D eigenvalue weighted by Gasteiger charge is -2.10. The number of aromatic nitrogens is 1. The number of halogens is 1. The number of esters is 1. The van der Waals surface area contributed by atoms with E-state index in [1.165, 1.54) is 7.11 Å². The molecule has 0 bridgehead atoms. The summed E-state index contributed by atoms with van der Waals surface area (Å²) in [6.45, 7) is 3.88. The van der Waals surface area contributed by atoms with Crippen LogP contribution in [0, 0.1) is 13.8 Å². The molecule has 0 saturated carbocycles. The molecule has 0 aliphatic carbocycles. The molecule has 6 heteroatoms. The molecule has 18 heavy (non-hydrogen) atoms. The summed E-state index contributed by atoms with van der Waals surface area (Å²) in [5.41, 5.74) is 2.06. The van der Waals surface area contributed by atoms with Gasteiger partial charge in [0.05, 0.1) is 18.4 Å². The molecule has 1 rings (SSSR count). The lowest BCUT2D eigenvalue weighted by molar-refractivity contribution is -0.139. The van der Waals surface area contributed by atoms with Crippen LogP contribution in [0.2, 0.25) is 0 Å². The smallest absolute Gasteiger partial charge is 0.320 e. The zero-order valence-electron chi connectivity index (χ0n) is 10.5. The number of amides is 1. The standard InChI is InChI=1S/C12H15IN2O3/c1-7-4-5-9(8(2)15-7)11(16)14-6-10(13)12(17)18-3/h4-5,10H,6H2,1-3H3,(H,14,16). The van der Waals surface area contributed by atoms with E-state index in [1.807, 2.05) is 29.5 Å². The number of pyridine rings is 1. The Kier molecular flexibility index (Phi) is 5.52. The number of ether oxygens (including phenoxy) is 1.